The largest absolute Gasteiger partial charge is 0.479 e. The van der Waals surface area contributed by atoms with Gasteiger partial charge in [0, 0.05) is 0 Å². The second-order valence-corrected chi connectivity index (χ2v) is 5.45. The van der Waals surface area contributed by atoms with E-state index in [-0.39, 0.29) is 0 Å². The van der Waals surface area contributed by atoms with Crippen LogP contribution in [0.3, 0.4) is 0 Å². The Kier molecular flexibility index (Phi) is 4.81. The molecule has 0 saturated carbocycles. The molecule has 1 aromatic carbocycles. The molecule has 20 heavy (non-hydrogen) atoms. The lowest BCUT2D eigenvalue weighted by atomic mass is 9.99. The van der Waals surface area contributed by atoms with Crippen LogP contribution in [0, 0.1) is 3.57 Å². The van der Waals surface area contributed by atoms with E-state index >= 15 is 0 Å². The van der Waals surface area contributed by atoms with Crippen molar-refractivity contribution in [2.45, 2.75) is 30.7 Å². The molecule has 5 atom stereocenters. The lowest BCUT2D eigenvalue weighted by Gasteiger charge is -2.38. The van der Waals surface area contributed by atoms with Crippen LogP contribution < -0.4 is 4.74 Å². The van der Waals surface area contributed by atoms with Gasteiger partial charge in [0.1, 0.15) is 24.1 Å². The van der Waals surface area contributed by atoms with Crippen molar-refractivity contribution >= 4 is 28.6 Å². The summed E-state index contributed by atoms with van der Waals surface area (Å²) in [5.41, 5.74) is 0. The number of halogens is 1. The Morgan fingerprint density at radius 3 is 2.40 bits per heavy atom. The number of carboxylic acids is 1. The zero-order valence-electron chi connectivity index (χ0n) is 10.1. The minimum atomic E-state index is -1.72. The van der Waals surface area contributed by atoms with Crippen LogP contribution in [0.1, 0.15) is 0 Å². The fourth-order valence-electron chi connectivity index (χ4n) is 1.81. The number of benzene rings is 1. The van der Waals surface area contributed by atoms with Gasteiger partial charge in [0.25, 0.3) is 0 Å². The van der Waals surface area contributed by atoms with Crippen molar-refractivity contribution in [2.24, 2.45) is 0 Å². The molecule has 0 spiro atoms. The minimum Gasteiger partial charge on any atom is -0.479 e. The Morgan fingerprint density at radius 2 is 1.80 bits per heavy atom. The summed E-state index contributed by atoms with van der Waals surface area (Å²) >= 11 is 2.00. The molecule has 1 aliphatic rings. The first kappa shape index (κ1) is 15.4. The molecular formula is C12H13IO7. The molecular weight excluding hydrogens is 383 g/mol. The van der Waals surface area contributed by atoms with Gasteiger partial charge >= 0.3 is 5.97 Å². The Labute approximate surface area is 127 Å². The quantitative estimate of drug-likeness (QED) is 0.512. The van der Waals surface area contributed by atoms with Crippen molar-refractivity contribution in [3.63, 3.8) is 0 Å². The third-order valence-electron chi connectivity index (χ3n) is 2.89. The van der Waals surface area contributed by atoms with Crippen molar-refractivity contribution in [1.29, 1.82) is 0 Å². The molecule has 0 bridgehead atoms. The van der Waals surface area contributed by atoms with E-state index in [1.807, 2.05) is 22.6 Å². The molecule has 8 heteroatoms. The molecule has 1 fully saturated rings. The topological polar surface area (TPSA) is 116 Å². The third kappa shape index (κ3) is 3.04. The van der Waals surface area contributed by atoms with E-state index in [2.05, 4.69) is 0 Å². The maximum atomic E-state index is 10.9. The van der Waals surface area contributed by atoms with Crippen LogP contribution in [0.2, 0.25) is 0 Å². The molecule has 2 rings (SSSR count). The van der Waals surface area contributed by atoms with Crippen LogP contribution in [-0.2, 0) is 9.53 Å². The average Bonchev–Trinajstić information content (AvgIpc) is 2.41. The van der Waals surface area contributed by atoms with Crippen molar-refractivity contribution in [2.75, 3.05) is 0 Å². The van der Waals surface area contributed by atoms with Gasteiger partial charge < -0.3 is 29.9 Å². The van der Waals surface area contributed by atoms with Crippen molar-refractivity contribution < 1.29 is 34.7 Å². The van der Waals surface area contributed by atoms with Crippen LogP contribution in [0.4, 0.5) is 0 Å². The number of hydrogen-bond acceptors (Lipinski definition) is 6. The van der Waals surface area contributed by atoms with E-state index in [1.54, 1.807) is 24.3 Å². The van der Waals surface area contributed by atoms with Gasteiger partial charge in [0.15, 0.2) is 6.10 Å². The van der Waals surface area contributed by atoms with E-state index in [4.69, 9.17) is 14.6 Å². The van der Waals surface area contributed by atoms with Gasteiger partial charge in [0.05, 0.1) is 3.57 Å². The Balaban J connectivity index is 2.18. The highest BCUT2D eigenvalue weighted by atomic mass is 127. The first-order valence-electron chi connectivity index (χ1n) is 5.75. The van der Waals surface area contributed by atoms with E-state index in [0.29, 0.717) is 5.75 Å². The van der Waals surface area contributed by atoms with Crippen molar-refractivity contribution in [3.05, 3.63) is 27.8 Å². The monoisotopic (exact) mass is 396 g/mol. The number of para-hydroxylation sites is 1. The van der Waals surface area contributed by atoms with Gasteiger partial charge in [-0.1, -0.05) is 12.1 Å². The number of hydrogen-bond donors (Lipinski definition) is 4. The molecule has 110 valence electrons. The number of aliphatic hydroxyl groups excluding tert-OH is 3. The zero-order valence-corrected chi connectivity index (χ0v) is 12.2. The second-order valence-electron chi connectivity index (χ2n) is 4.28. The highest BCUT2D eigenvalue weighted by Gasteiger charge is 2.48. The maximum Gasteiger partial charge on any atom is 0.335 e. The minimum absolute atomic E-state index is 0.380. The summed E-state index contributed by atoms with van der Waals surface area (Å²) < 4.78 is 11.1. The van der Waals surface area contributed by atoms with Gasteiger partial charge in [-0.2, -0.15) is 0 Å². The molecule has 1 saturated heterocycles. The molecule has 0 unspecified atom stereocenters. The molecule has 0 aromatic heterocycles. The number of aliphatic hydroxyl groups is 3. The van der Waals surface area contributed by atoms with E-state index in [9.17, 15) is 20.1 Å². The smallest absolute Gasteiger partial charge is 0.335 e. The van der Waals surface area contributed by atoms with Crippen LogP contribution >= 0.6 is 22.6 Å². The number of ether oxygens (including phenoxy) is 2. The normalized spacial score (nSPS) is 33.7. The van der Waals surface area contributed by atoms with E-state index in [0.717, 1.165) is 3.57 Å². The summed E-state index contributed by atoms with van der Waals surface area (Å²) in [6.45, 7) is 0. The van der Waals surface area contributed by atoms with E-state index in [1.165, 1.54) is 0 Å². The molecule has 0 amide bonds. The predicted octanol–water partition coefficient (Wildman–Crippen LogP) is -0.438. The molecule has 0 radical (unpaired) electrons. The first-order chi connectivity index (χ1) is 9.41. The number of rotatable bonds is 3. The molecule has 7 nitrogen and oxygen atoms in total. The number of carbonyl (C=O) groups is 1. The SMILES string of the molecule is O=C(O)[C@H]1O[C@@H](Oc2ccccc2I)[C@H](O)[C@@H](O)[C@@H]1O. The van der Waals surface area contributed by atoms with E-state index < -0.39 is 36.7 Å². The molecule has 1 aliphatic heterocycles. The van der Waals surface area contributed by atoms with Gasteiger partial charge in [-0.15, -0.1) is 0 Å². The highest BCUT2D eigenvalue weighted by Crippen LogP contribution is 2.27. The summed E-state index contributed by atoms with van der Waals surface area (Å²) in [7, 11) is 0. The predicted molar refractivity (Wildman–Crippen MR) is 74.1 cm³/mol. The molecule has 1 aromatic rings. The molecule has 4 N–H and O–H groups in total. The van der Waals surface area contributed by atoms with Crippen molar-refractivity contribution in [3.8, 4) is 5.75 Å². The molecule has 0 aliphatic carbocycles. The standard InChI is InChI=1S/C12H13IO7/c13-5-3-1-2-4-6(5)19-12-9(16)7(14)8(15)10(20-12)11(17)18/h1-4,7-10,12,14-16H,(H,17,18)/t7-,8-,9+,10-,12+/m0/s1. The highest BCUT2D eigenvalue weighted by molar-refractivity contribution is 14.1. The summed E-state index contributed by atoms with van der Waals surface area (Å²) in [6, 6.07) is 6.86. The lowest BCUT2D eigenvalue weighted by molar-refractivity contribution is -0.271. The fourth-order valence-corrected chi connectivity index (χ4v) is 2.33. The number of aliphatic carboxylic acids is 1. The Hall–Kier alpha value is -0.940. The maximum absolute atomic E-state index is 10.9. The first-order valence-corrected chi connectivity index (χ1v) is 6.83. The van der Waals surface area contributed by atoms with Crippen LogP contribution in [0.25, 0.3) is 0 Å². The van der Waals surface area contributed by atoms with Gasteiger partial charge in [0.2, 0.25) is 6.29 Å². The van der Waals surface area contributed by atoms with Gasteiger partial charge in [-0.3, -0.25) is 0 Å². The Bertz CT molecular complexity index is 494. The van der Waals surface area contributed by atoms with Crippen molar-refractivity contribution in [1.82, 2.24) is 0 Å². The van der Waals surface area contributed by atoms with Crippen LogP contribution in [0.5, 0.6) is 5.75 Å². The van der Waals surface area contributed by atoms with Gasteiger partial charge in [-0.05, 0) is 34.7 Å². The Morgan fingerprint density at radius 1 is 1.15 bits per heavy atom. The summed E-state index contributed by atoms with van der Waals surface area (Å²) in [5.74, 6) is -1.07. The summed E-state index contributed by atoms with van der Waals surface area (Å²) in [6.07, 6.45) is -8.00. The average molecular weight is 396 g/mol. The van der Waals surface area contributed by atoms with Crippen LogP contribution in [-0.4, -0.2) is 57.1 Å². The van der Waals surface area contributed by atoms with Crippen LogP contribution in [0.15, 0.2) is 24.3 Å². The lowest BCUT2D eigenvalue weighted by Crippen LogP contribution is -2.61. The third-order valence-corrected chi connectivity index (χ3v) is 3.78. The number of carboxylic acid groups (broad SMARTS) is 1. The van der Waals surface area contributed by atoms with Gasteiger partial charge in [-0.25, -0.2) is 4.79 Å². The fraction of sp³-hybridized carbons (Fsp3) is 0.417. The zero-order chi connectivity index (χ0) is 14.9. The molecule has 1 heterocycles. The second kappa shape index (κ2) is 6.22. The summed E-state index contributed by atoms with van der Waals surface area (Å²) in [4.78, 5) is 10.9. The summed E-state index contributed by atoms with van der Waals surface area (Å²) in [5, 5.41) is 37.9.